The van der Waals surface area contributed by atoms with Crippen LogP contribution in [0.2, 0.25) is 0 Å². The Bertz CT molecular complexity index is 548. The number of nitrogens with zero attached hydrogens (tertiary/aromatic N) is 1. The summed E-state index contributed by atoms with van der Waals surface area (Å²) in [5, 5.41) is 3.38. The largest absolute Gasteiger partial charge is 0.380 e. The van der Waals surface area contributed by atoms with Crippen molar-refractivity contribution in [3.63, 3.8) is 0 Å². The fourth-order valence-corrected chi connectivity index (χ4v) is 1.90. The Labute approximate surface area is 115 Å². The Morgan fingerprint density at radius 2 is 1.74 bits per heavy atom. The minimum Gasteiger partial charge on any atom is -0.380 e. The second kappa shape index (κ2) is 5.27. The fraction of sp³-hybridized carbons (Fsp3) is 0.235. The molecular weight excluding hydrogens is 232 g/mol. The standard InChI is InChI=1S/C17H20N2/c1-13(19-17(2,3)4)14-8-10-15(11-9-14)16-7-5-6-12-18-16/h5-12,19H,1H2,2-4H3. The minimum absolute atomic E-state index is 0.0245. The summed E-state index contributed by atoms with van der Waals surface area (Å²) in [4.78, 5) is 4.34. The van der Waals surface area contributed by atoms with Gasteiger partial charge in [0.1, 0.15) is 0 Å². The van der Waals surface area contributed by atoms with E-state index < -0.39 is 0 Å². The lowest BCUT2D eigenvalue weighted by atomic mass is 10.0. The van der Waals surface area contributed by atoms with E-state index in [9.17, 15) is 0 Å². The maximum Gasteiger partial charge on any atom is 0.0701 e. The molecule has 2 heteroatoms. The van der Waals surface area contributed by atoms with Crippen molar-refractivity contribution >= 4 is 5.70 Å². The molecular formula is C17H20N2. The van der Waals surface area contributed by atoms with Crippen LogP contribution in [-0.2, 0) is 0 Å². The molecule has 0 saturated carbocycles. The highest BCUT2D eigenvalue weighted by Gasteiger charge is 2.11. The van der Waals surface area contributed by atoms with Crippen LogP contribution in [0.15, 0.2) is 55.2 Å². The number of hydrogen-bond acceptors (Lipinski definition) is 2. The van der Waals surface area contributed by atoms with Crippen molar-refractivity contribution in [1.82, 2.24) is 10.3 Å². The summed E-state index contributed by atoms with van der Waals surface area (Å²) in [6.07, 6.45) is 1.81. The maximum absolute atomic E-state index is 4.34. The smallest absolute Gasteiger partial charge is 0.0701 e. The van der Waals surface area contributed by atoms with E-state index in [1.54, 1.807) is 0 Å². The lowest BCUT2D eigenvalue weighted by molar-refractivity contribution is 0.502. The first-order valence-corrected chi connectivity index (χ1v) is 6.45. The second-order valence-corrected chi connectivity index (χ2v) is 5.65. The molecule has 1 heterocycles. The van der Waals surface area contributed by atoms with Gasteiger partial charge in [-0.1, -0.05) is 36.9 Å². The van der Waals surface area contributed by atoms with Gasteiger partial charge in [0, 0.05) is 23.0 Å². The predicted molar refractivity (Wildman–Crippen MR) is 81.6 cm³/mol. The van der Waals surface area contributed by atoms with Crippen molar-refractivity contribution in [3.05, 3.63) is 60.8 Å². The quantitative estimate of drug-likeness (QED) is 0.889. The Kier molecular flexibility index (Phi) is 3.70. The first-order chi connectivity index (χ1) is 8.96. The topological polar surface area (TPSA) is 24.9 Å². The van der Waals surface area contributed by atoms with Crippen LogP contribution < -0.4 is 5.32 Å². The molecule has 2 aromatic rings. The number of pyridine rings is 1. The van der Waals surface area contributed by atoms with E-state index in [1.165, 1.54) is 0 Å². The van der Waals surface area contributed by atoms with E-state index in [1.807, 2.05) is 24.4 Å². The number of aromatic nitrogens is 1. The highest BCUT2D eigenvalue weighted by Crippen LogP contribution is 2.20. The molecule has 0 saturated heterocycles. The first-order valence-electron chi connectivity index (χ1n) is 6.45. The van der Waals surface area contributed by atoms with Crippen LogP contribution in [0, 0.1) is 0 Å². The summed E-state index contributed by atoms with van der Waals surface area (Å²) < 4.78 is 0. The molecule has 0 amide bonds. The molecule has 0 aliphatic rings. The monoisotopic (exact) mass is 252 g/mol. The summed E-state index contributed by atoms with van der Waals surface area (Å²) in [5.74, 6) is 0. The number of rotatable bonds is 3. The molecule has 1 aromatic heterocycles. The Hall–Kier alpha value is -2.09. The predicted octanol–water partition coefficient (Wildman–Crippen LogP) is 4.11. The van der Waals surface area contributed by atoms with Gasteiger partial charge in [0.25, 0.3) is 0 Å². The molecule has 2 nitrogen and oxygen atoms in total. The number of hydrogen-bond donors (Lipinski definition) is 1. The van der Waals surface area contributed by atoms with Crippen LogP contribution in [0.4, 0.5) is 0 Å². The summed E-state index contributed by atoms with van der Waals surface area (Å²) >= 11 is 0. The zero-order chi connectivity index (χ0) is 13.9. The molecule has 98 valence electrons. The van der Waals surface area contributed by atoms with Gasteiger partial charge >= 0.3 is 0 Å². The van der Waals surface area contributed by atoms with E-state index in [0.717, 1.165) is 22.5 Å². The second-order valence-electron chi connectivity index (χ2n) is 5.65. The van der Waals surface area contributed by atoms with Gasteiger partial charge < -0.3 is 5.32 Å². The van der Waals surface area contributed by atoms with Crippen molar-refractivity contribution in [2.75, 3.05) is 0 Å². The minimum atomic E-state index is 0.0245. The van der Waals surface area contributed by atoms with Gasteiger partial charge in [0.2, 0.25) is 0 Å². The van der Waals surface area contributed by atoms with E-state index in [4.69, 9.17) is 0 Å². The van der Waals surface area contributed by atoms with Crippen LogP contribution >= 0.6 is 0 Å². The maximum atomic E-state index is 4.34. The molecule has 2 rings (SSSR count). The molecule has 0 aliphatic heterocycles. The third-order valence-electron chi connectivity index (χ3n) is 2.72. The van der Waals surface area contributed by atoms with Gasteiger partial charge in [-0.25, -0.2) is 0 Å². The average Bonchev–Trinajstić information content (AvgIpc) is 2.38. The zero-order valence-electron chi connectivity index (χ0n) is 11.8. The van der Waals surface area contributed by atoms with Crippen molar-refractivity contribution in [1.29, 1.82) is 0 Å². The number of nitrogens with one attached hydrogen (secondary N) is 1. The number of benzene rings is 1. The van der Waals surface area contributed by atoms with Gasteiger partial charge in [0.05, 0.1) is 5.69 Å². The van der Waals surface area contributed by atoms with E-state index in [2.05, 4.69) is 61.9 Å². The molecule has 0 unspecified atom stereocenters. The Balaban J connectivity index is 2.17. The summed E-state index contributed by atoms with van der Waals surface area (Å²) in [6, 6.07) is 14.2. The molecule has 1 N–H and O–H groups in total. The van der Waals surface area contributed by atoms with Crippen LogP contribution in [0.25, 0.3) is 17.0 Å². The van der Waals surface area contributed by atoms with Gasteiger partial charge in [-0.3, -0.25) is 4.98 Å². The lowest BCUT2D eigenvalue weighted by Gasteiger charge is -2.24. The molecule has 0 fully saturated rings. The Morgan fingerprint density at radius 3 is 2.26 bits per heavy atom. The highest BCUT2D eigenvalue weighted by atomic mass is 15.0. The van der Waals surface area contributed by atoms with E-state index in [-0.39, 0.29) is 5.54 Å². The third kappa shape index (κ3) is 3.68. The van der Waals surface area contributed by atoms with Gasteiger partial charge in [0.15, 0.2) is 0 Å². The highest BCUT2D eigenvalue weighted by molar-refractivity contribution is 5.67. The molecule has 0 aliphatic carbocycles. The van der Waals surface area contributed by atoms with Gasteiger partial charge in [-0.05, 0) is 38.5 Å². The molecule has 0 spiro atoms. The molecule has 19 heavy (non-hydrogen) atoms. The molecule has 0 atom stereocenters. The van der Waals surface area contributed by atoms with E-state index in [0.29, 0.717) is 0 Å². The third-order valence-corrected chi connectivity index (χ3v) is 2.72. The molecule has 0 bridgehead atoms. The first kappa shape index (κ1) is 13.3. The van der Waals surface area contributed by atoms with Crippen LogP contribution in [0.5, 0.6) is 0 Å². The SMILES string of the molecule is C=C(NC(C)(C)C)c1ccc(-c2ccccn2)cc1. The van der Waals surface area contributed by atoms with E-state index >= 15 is 0 Å². The van der Waals surface area contributed by atoms with Crippen molar-refractivity contribution in [2.45, 2.75) is 26.3 Å². The van der Waals surface area contributed by atoms with Crippen LogP contribution in [0.3, 0.4) is 0 Å². The van der Waals surface area contributed by atoms with Gasteiger partial charge in [-0.2, -0.15) is 0 Å². The van der Waals surface area contributed by atoms with Crippen molar-refractivity contribution in [3.8, 4) is 11.3 Å². The molecule has 0 radical (unpaired) electrons. The zero-order valence-corrected chi connectivity index (χ0v) is 11.8. The summed E-state index contributed by atoms with van der Waals surface area (Å²) in [7, 11) is 0. The van der Waals surface area contributed by atoms with Crippen molar-refractivity contribution in [2.24, 2.45) is 0 Å². The van der Waals surface area contributed by atoms with Gasteiger partial charge in [-0.15, -0.1) is 0 Å². The lowest BCUT2D eigenvalue weighted by Crippen LogP contribution is -2.33. The molecule has 1 aromatic carbocycles. The normalized spacial score (nSPS) is 11.1. The Morgan fingerprint density at radius 1 is 1.05 bits per heavy atom. The fourth-order valence-electron chi connectivity index (χ4n) is 1.90. The summed E-state index contributed by atoms with van der Waals surface area (Å²) in [6.45, 7) is 10.5. The average molecular weight is 252 g/mol. The summed E-state index contributed by atoms with van der Waals surface area (Å²) in [5.41, 5.74) is 4.18. The van der Waals surface area contributed by atoms with Crippen LogP contribution in [0.1, 0.15) is 26.3 Å². The van der Waals surface area contributed by atoms with Crippen molar-refractivity contribution < 1.29 is 0 Å². The van der Waals surface area contributed by atoms with Crippen LogP contribution in [-0.4, -0.2) is 10.5 Å².